The zero-order valence-electron chi connectivity index (χ0n) is 22.2. The first-order valence-electron chi connectivity index (χ1n) is 12.2. The number of halogens is 3. The fourth-order valence-corrected chi connectivity index (χ4v) is 5.05. The molecule has 2 heterocycles. The zero-order valence-corrected chi connectivity index (χ0v) is 23.2. The van der Waals surface area contributed by atoms with Gasteiger partial charge >= 0.3 is 6.03 Å². The minimum absolute atomic E-state index is 0.0265. The highest BCUT2D eigenvalue weighted by Crippen LogP contribution is 2.42. The molecule has 8 nitrogen and oxygen atoms in total. The highest BCUT2D eigenvalue weighted by atomic mass is 28.4. The Morgan fingerprint density at radius 1 is 1.11 bits per heavy atom. The van der Waals surface area contributed by atoms with Crippen LogP contribution in [0.2, 0.25) is 18.1 Å². The van der Waals surface area contributed by atoms with Crippen LogP contribution in [0.3, 0.4) is 0 Å². The smallest absolute Gasteiger partial charge is 0.319 e. The molecule has 12 heteroatoms. The average molecular weight is 548 g/mol. The molecule has 2 N–H and O–H groups in total. The molecular formula is C26H32F3N5O3Si. The zero-order chi connectivity index (χ0) is 27.8. The number of anilines is 1. The molecule has 0 bridgehead atoms. The maximum Gasteiger partial charge on any atom is 0.319 e. The highest BCUT2D eigenvalue weighted by Gasteiger charge is 2.42. The summed E-state index contributed by atoms with van der Waals surface area (Å²) in [5.74, 6) is -1.95. The minimum atomic E-state index is -2.12. The van der Waals surface area contributed by atoms with Crippen LogP contribution in [0.15, 0.2) is 36.4 Å². The number of urea groups is 1. The summed E-state index contributed by atoms with van der Waals surface area (Å²) in [5.41, 5.74) is 0.157. The molecule has 0 saturated carbocycles. The number of ether oxygens (including phenoxy) is 1. The van der Waals surface area contributed by atoms with Gasteiger partial charge in [0.1, 0.15) is 23.2 Å². The predicted molar refractivity (Wildman–Crippen MR) is 139 cm³/mol. The van der Waals surface area contributed by atoms with Crippen molar-refractivity contribution < 1.29 is 27.1 Å². The van der Waals surface area contributed by atoms with Crippen molar-refractivity contribution in [3.8, 4) is 5.75 Å². The van der Waals surface area contributed by atoms with Gasteiger partial charge in [-0.25, -0.2) is 18.0 Å². The topological polar surface area (TPSA) is 90.3 Å². The molecule has 1 aromatic heterocycles. The lowest BCUT2D eigenvalue weighted by molar-refractivity contribution is 0.246. The number of nitrogens with one attached hydrogen (secondary N) is 2. The van der Waals surface area contributed by atoms with Crippen molar-refractivity contribution in [3.05, 3.63) is 71.1 Å². The number of aromatic nitrogens is 3. The van der Waals surface area contributed by atoms with Crippen LogP contribution in [-0.4, -0.2) is 36.2 Å². The van der Waals surface area contributed by atoms with E-state index < -0.39 is 43.8 Å². The first-order valence-corrected chi connectivity index (χ1v) is 15.1. The summed E-state index contributed by atoms with van der Waals surface area (Å²) in [4.78, 5) is 12.9. The standard InChI is InChI=1S/C26H32F3N5O3Si/c1-26(2,3)38(5,6)37-14-21-32-33-24-23(31-25(35)30-16-9-7-15(27)8-10-16)18(13-34(21)24)22-19(28)11-17(36-4)12-20(22)29/h7-12,18,23H,13-14H2,1-6H3,(H2,30,31,35)/t18-,23-/m0/s1. The molecule has 1 aliphatic rings. The quantitative estimate of drug-likeness (QED) is 0.360. The van der Waals surface area contributed by atoms with E-state index in [0.717, 1.165) is 12.1 Å². The Morgan fingerprint density at radius 3 is 2.32 bits per heavy atom. The number of rotatable bonds is 7. The van der Waals surface area contributed by atoms with Crippen LogP contribution in [0, 0.1) is 17.5 Å². The first-order chi connectivity index (χ1) is 17.8. The SMILES string of the molecule is COc1cc(F)c([C@@H]2Cn3c(CO[Si](C)(C)C(C)(C)C)nnc3[C@H]2NC(=O)Nc2ccc(F)cc2)c(F)c1. The molecule has 2 amide bonds. The Balaban J connectivity index is 1.65. The number of hydrogen-bond acceptors (Lipinski definition) is 5. The van der Waals surface area contributed by atoms with Crippen LogP contribution in [-0.2, 0) is 17.6 Å². The molecule has 38 heavy (non-hydrogen) atoms. The van der Waals surface area contributed by atoms with Crippen LogP contribution >= 0.6 is 0 Å². The summed E-state index contributed by atoms with van der Waals surface area (Å²) in [5, 5.41) is 13.9. The van der Waals surface area contributed by atoms with Gasteiger partial charge in [0.05, 0.1) is 19.8 Å². The number of nitrogens with zero attached hydrogens (tertiary/aromatic N) is 3. The highest BCUT2D eigenvalue weighted by molar-refractivity contribution is 6.74. The molecule has 0 spiro atoms. The van der Waals surface area contributed by atoms with Gasteiger partial charge < -0.3 is 24.4 Å². The van der Waals surface area contributed by atoms with Crippen molar-refractivity contribution in [2.45, 2.75) is 64.0 Å². The van der Waals surface area contributed by atoms with Gasteiger partial charge in [-0.05, 0) is 42.4 Å². The van der Waals surface area contributed by atoms with E-state index in [1.165, 1.54) is 31.4 Å². The van der Waals surface area contributed by atoms with E-state index in [1.54, 1.807) is 4.57 Å². The second-order valence-corrected chi connectivity index (χ2v) is 15.6. The van der Waals surface area contributed by atoms with Crippen molar-refractivity contribution in [1.29, 1.82) is 0 Å². The fourth-order valence-electron chi connectivity index (χ4n) is 4.13. The summed E-state index contributed by atoms with van der Waals surface area (Å²) >= 11 is 0. The molecule has 1 aliphatic heterocycles. The Kier molecular flexibility index (Phi) is 7.57. The normalized spacial score (nSPS) is 17.3. The lowest BCUT2D eigenvalue weighted by Gasteiger charge is -2.35. The fraction of sp³-hybridized carbons (Fsp3) is 0.423. The third-order valence-corrected chi connectivity index (χ3v) is 11.8. The van der Waals surface area contributed by atoms with E-state index in [4.69, 9.17) is 9.16 Å². The van der Waals surface area contributed by atoms with Gasteiger partial charge in [0, 0.05) is 35.8 Å². The molecule has 2 aromatic carbocycles. The van der Waals surface area contributed by atoms with Crippen LogP contribution in [0.1, 0.15) is 49.9 Å². The minimum Gasteiger partial charge on any atom is -0.497 e. The number of amides is 2. The van der Waals surface area contributed by atoms with Gasteiger partial charge in [0.2, 0.25) is 0 Å². The summed E-state index contributed by atoms with van der Waals surface area (Å²) < 4.78 is 56.6. The van der Waals surface area contributed by atoms with Gasteiger partial charge in [-0.2, -0.15) is 0 Å². The Morgan fingerprint density at radius 2 is 1.74 bits per heavy atom. The molecule has 2 atom stereocenters. The second-order valence-electron chi connectivity index (χ2n) is 10.8. The lowest BCUT2D eigenvalue weighted by Crippen LogP contribution is -2.40. The molecule has 0 fully saturated rings. The van der Waals surface area contributed by atoms with E-state index in [1.807, 2.05) is 0 Å². The summed E-state index contributed by atoms with van der Waals surface area (Å²) in [6.07, 6.45) is 0. The molecule has 0 unspecified atom stereocenters. The second kappa shape index (κ2) is 10.4. The number of methoxy groups -OCH3 is 1. The van der Waals surface area contributed by atoms with Gasteiger partial charge in [-0.3, -0.25) is 0 Å². The summed E-state index contributed by atoms with van der Waals surface area (Å²) in [7, 11) is -0.792. The van der Waals surface area contributed by atoms with E-state index in [2.05, 4.69) is 54.7 Å². The molecule has 4 rings (SSSR count). The average Bonchev–Trinajstić information content (AvgIpc) is 3.38. The van der Waals surface area contributed by atoms with Gasteiger partial charge in [-0.1, -0.05) is 20.8 Å². The number of hydrogen-bond donors (Lipinski definition) is 2. The molecule has 0 radical (unpaired) electrons. The molecular weight excluding hydrogens is 515 g/mol. The van der Waals surface area contributed by atoms with Crippen LogP contribution in [0.5, 0.6) is 5.75 Å². The van der Waals surface area contributed by atoms with Crippen LogP contribution in [0.25, 0.3) is 0 Å². The number of carbonyl (C=O) groups is 1. The predicted octanol–water partition coefficient (Wildman–Crippen LogP) is 5.89. The molecule has 3 aromatic rings. The van der Waals surface area contributed by atoms with Crippen molar-refractivity contribution >= 4 is 20.0 Å². The van der Waals surface area contributed by atoms with Crippen LogP contribution < -0.4 is 15.4 Å². The summed E-state index contributed by atoms with van der Waals surface area (Å²) in [6, 6.07) is 5.90. The van der Waals surface area contributed by atoms with Gasteiger partial charge in [-0.15, -0.1) is 10.2 Å². The number of fused-ring (bicyclic) bond motifs is 1. The Hall–Kier alpha value is -3.38. The van der Waals surface area contributed by atoms with E-state index in [-0.39, 0.29) is 29.5 Å². The Labute approximate surface area is 220 Å². The maximum atomic E-state index is 15.2. The maximum absolute atomic E-state index is 15.2. The lowest BCUT2D eigenvalue weighted by atomic mass is 9.92. The van der Waals surface area contributed by atoms with Gasteiger partial charge in [0.15, 0.2) is 20.0 Å². The van der Waals surface area contributed by atoms with Crippen molar-refractivity contribution in [1.82, 2.24) is 20.1 Å². The van der Waals surface area contributed by atoms with Crippen LogP contribution in [0.4, 0.5) is 23.7 Å². The third kappa shape index (κ3) is 5.55. The van der Waals surface area contributed by atoms with Crippen molar-refractivity contribution in [2.24, 2.45) is 0 Å². The Bertz CT molecular complexity index is 1300. The van der Waals surface area contributed by atoms with Crippen molar-refractivity contribution in [3.63, 3.8) is 0 Å². The molecule has 0 aliphatic carbocycles. The molecule has 0 saturated heterocycles. The molecule has 204 valence electrons. The monoisotopic (exact) mass is 547 g/mol. The van der Waals surface area contributed by atoms with E-state index in [9.17, 15) is 9.18 Å². The number of carbonyl (C=O) groups excluding carboxylic acids is 1. The summed E-state index contributed by atoms with van der Waals surface area (Å²) in [6.45, 7) is 10.9. The largest absolute Gasteiger partial charge is 0.497 e. The van der Waals surface area contributed by atoms with E-state index >= 15 is 8.78 Å². The third-order valence-electron chi connectivity index (χ3n) is 7.33. The first kappa shape index (κ1) is 27.6. The number of benzene rings is 2. The van der Waals surface area contributed by atoms with Crippen molar-refractivity contribution in [2.75, 3.05) is 12.4 Å². The van der Waals surface area contributed by atoms with Gasteiger partial charge in [0.25, 0.3) is 0 Å². The van der Waals surface area contributed by atoms with E-state index in [0.29, 0.717) is 17.3 Å².